The van der Waals surface area contributed by atoms with Crippen LogP contribution in [0.1, 0.15) is 29.9 Å². The van der Waals surface area contributed by atoms with Crippen LogP contribution in [0.25, 0.3) is 0 Å². The van der Waals surface area contributed by atoms with Gasteiger partial charge in [0.2, 0.25) is 5.91 Å². The first-order valence-corrected chi connectivity index (χ1v) is 6.97. The van der Waals surface area contributed by atoms with Crippen molar-refractivity contribution in [3.63, 3.8) is 0 Å². The monoisotopic (exact) mass is 278 g/mol. The molecule has 1 N–H and O–H groups in total. The fourth-order valence-electron chi connectivity index (χ4n) is 2.47. The van der Waals surface area contributed by atoms with Gasteiger partial charge in [-0.15, -0.1) is 0 Å². The Morgan fingerprint density at radius 1 is 1.35 bits per heavy atom. The second-order valence-electron chi connectivity index (χ2n) is 4.95. The van der Waals surface area contributed by atoms with E-state index in [2.05, 4.69) is 15.3 Å². The first-order chi connectivity index (χ1) is 9.67. The first kappa shape index (κ1) is 14.9. The third-order valence-electron chi connectivity index (χ3n) is 3.45. The van der Waals surface area contributed by atoms with Gasteiger partial charge in [0.25, 0.3) is 0 Å². The van der Waals surface area contributed by atoms with E-state index < -0.39 is 0 Å². The average molecular weight is 278 g/mol. The summed E-state index contributed by atoms with van der Waals surface area (Å²) in [6.07, 6.45) is 2.09. The maximum absolute atomic E-state index is 12.1. The molecule has 0 saturated carbocycles. The summed E-state index contributed by atoms with van der Waals surface area (Å²) in [6.45, 7) is 3.89. The Morgan fingerprint density at radius 3 is 2.85 bits per heavy atom. The number of methoxy groups -OCH3 is 1. The second-order valence-corrected chi connectivity index (χ2v) is 4.95. The van der Waals surface area contributed by atoms with Gasteiger partial charge in [-0.3, -0.25) is 9.69 Å². The molecule has 20 heavy (non-hydrogen) atoms. The predicted octanol–water partition coefficient (Wildman–Crippen LogP) is 0.820. The minimum absolute atomic E-state index is 0.141. The average Bonchev–Trinajstić information content (AvgIpc) is 2.42. The normalized spacial score (nSPS) is 14.6. The quantitative estimate of drug-likeness (QED) is 0.780. The standard InChI is InChI=1S/C14H22N4O2/c1-10-11-5-6-13(19)18(7-4-8-20-3)14(11)17-12(16-10)9-15-2/h15H,4-9H2,1-3H3. The summed E-state index contributed by atoms with van der Waals surface area (Å²) >= 11 is 0. The number of hydrogen-bond acceptors (Lipinski definition) is 5. The van der Waals surface area contributed by atoms with Crippen molar-refractivity contribution in [1.82, 2.24) is 15.3 Å². The van der Waals surface area contributed by atoms with E-state index in [1.165, 1.54) is 0 Å². The van der Waals surface area contributed by atoms with E-state index in [-0.39, 0.29) is 5.91 Å². The number of hydrogen-bond donors (Lipinski definition) is 1. The lowest BCUT2D eigenvalue weighted by molar-refractivity contribution is -0.119. The third kappa shape index (κ3) is 3.13. The molecule has 2 heterocycles. The number of carbonyl (C=O) groups excluding carboxylic acids is 1. The summed E-state index contributed by atoms with van der Waals surface area (Å²) in [5.41, 5.74) is 2.08. The number of rotatable bonds is 6. The van der Waals surface area contributed by atoms with Crippen LogP contribution in [0.3, 0.4) is 0 Å². The minimum atomic E-state index is 0.141. The molecule has 1 aromatic heterocycles. The number of nitrogens with one attached hydrogen (secondary N) is 1. The third-order valence-corrected chi connectivity index (χ3v) is 3.45. The topological polar surface area (TPSA) is 67.3 Å². The number of fused-ring (bicyclic) bond motifs is 1. The molecule has 0 unspecified atom stereocenters. The van der Waals surface area contributed by atoms with Gasteiger partial charge in [-0.2, -0.15) is 0 Å². The molecule has 1 aliphatic rings. The van der Waals surface area contributed by atoms with Gasteiger partial charge in [0.05, 0.1) is 6.54 Å². The highest BCUT2D eigenvalue weighted by atomic mass is 16.5. The lowest BCUT2D eigenvalue weighted by Gasteiger charge is -2.29. The highest BCUT2D eigenvalue weighted by molar-refractivity contribution is 5.95. The summed E-state index contributed by atoms with van der Waals surface area (Å²) in [7, 11) is 3.53. The van der Waals surface area contributed by atoms with Gasteiger partial charge in [-0.25, -0.2) is 9.97 Å². The minimum Gasteiger partial charge on any atom is -0.385 e. The lowest BCUT2D eigenvalue weighted by Crippen LogP contribution is -2.38. The van der Waals surface area contributed by atoms with Crippen molar-refractivity contribution >= 4 is 11.7 Å². The van der Waals surface area contributed by atoms with Crippen molar-refractivity contribution in [1.29, 1.82) is 0 Å². The molecule has 6 heteroatoms. The highest BCUT2D eigenvalue weighted by Gasteiger charge is 2.27. The summed E-state index contributed by atoms with van der Waals surface area (Å²) < 4.78 is 5.06. The zero-order valence-electron chi connectivity index (χ0n) is 12.4. The van der Waals surface area contributed by atoms with Crippen LogP contribution < -0.4 is 10.2 Å². The molecule has 1 amide bonds. The van der Waals surface area contributed by atoms with E-state index in [4.69, 9.17) is 4.74 Å². The molecule has 2 rings (SSSR count). The van der Waals surface area contributed by atoms with E-state index in [0.29, 0.717) is 26.1 Å². The molecule has 1 aromatic rings. The Hall–Kier alpha value is -1.53. The Bertz CT molecular complexity index is 490. The van der Waals surface area contributed by atoms with Gasteiger partial charge in [0, 0.05) is 37.9 Å². The number of anilines is 1. The number of carbonyl (C=O) groups is 1. The largest absolute Gasteiger partial charge is 0.385 e. The predicted molar refractivity (Wildman–Crippen MR) is 76.7 cm³/mol. The maximum Gasteiger partial charge on any atom is 0.228 e. The van der Waals surface area contributed by atoms with Crippen LogP contribution in [0.2, 0.25) is 0 Å². The van der Waals surface area contributed by atoms with Gasteiger partial charge in [0.15, 0.2) is 0 Å². The van der Waals surface area contributed by atoms with Crippen molar-refractivity contribution < 1.29 is 9.53 Å². The fourth-order valence-corrected chi connectivity index (χ4v) is 2.47. The van der Waals surface area contributed by atoms with E-state index in [9.17, 15) is 4.79 Å². The van der Waals surface area contributed by atoms with Crippen molar-refractivity contribution in [3.8, 4) is 0 Å². The summed E-state index contributed by atoms with van der Waals surface area (Å²) in [5, 5.41) is 3.05. The number of ether oxygens (including phenoxy) is 1. The molecule has 110 valence electrons. The number of aryl methyl sites for hydroxylation is 1. The van der Waals surface area contributed by atoms with Crippen LogP contribution in [0.15, 0.2) is 0 Å². The summed E-state index contributed by atoms with van der Waals surface area (Å²) in [6, 6.07) is 0. The number of nitrogens with zero attached hydrogens (tertiary/aromatic N) is 3. The molecule has 0 aliphatic carbocycles. The fraction of sp³-hybridized carbons (Fsp3) is 0.643. The maximum atomic E-state index is 12.1. The van der Waals surface area contributed by atoms with Crippen molar-refractivity contribution in [2.24, 2.45) is 0 Å². The molecule has 0 fully saturated rings. The van der Waals surface area contributed by atoms with Gasteiger partial charge in [0.1, 0.15) is 11.6 Å². The van der Waals surface area contributed by atoms with E-state index in [1.807, 2.05) is 14.0 Å². The van der Waals surface area contributed by atoms with Crippen LogP contribution in [0, 0.1) is 6.92 Å². The SMILES string of the molecule is CNCc1nc(C)c2c(n1)N(CCCOC)C(=O)CC2. The van der Waals surface area contributed by atoms with Crippen molar-refractivity contribution in [2.45, 2.75) is 32.7 Å². The summed E-state index contributed by atoms with van der Waals surface area (Å²) in [4.78, 5) is 23.0. The molecule has 1 aliphatic heterocycles. The first-order valence-electron chi connectivity index (χ1n) is 6.97. The van der Waals surface area contributed by atoms with Crippen molar-refractivity contribution in [2.75, 3.05) is 32.2 Å². The molecule has 6 nitrogen and oxygen atoms in total. The molecular weight excluding hydrogens is 256 g/mol. The molecule has 0 aromatic carbocycles. The zero-order valence-corrected chi connectivity index (χ0v) is 12.4. The van der Waals surface area contributed by atoms with E-state index in [0.717, 1.165) is 35.7 Å². The number of aromatic nitrogens is 2. The Morgan fingerprint density at radius 2 is 2.15 bits per heavy atom. The molecule has 0 atom stereocenters. The summed E-state index contributed by atoms with van der Waals surface area (Å²) in [5.74, 6) is 1.66. The van der Waals surface area contributed by atoms with Gasteiger partial charge < -0.3 is 10.1 Å². The van der Waals surface area contributed by atoms with Crippen LogP contribution in [-0.2, 0) is 22.5 Å². The Balaban J connectivity index is 2.29. The van der Waals surface area contributed by atoms with Crippen LogP contribution in [-0.4, -0.2) is 43.2 Å². The smallest absolute Gasteiger partial charge is 0.228 e. The van der Waals surface area contributed by atoms with Crippen LogP contribution in [0.4, 0.5) is 5.82 Å². The van der Waals surface area contributed by atoms with Gasteiger partial charge in [-0.05, 0) is 26.8 Å². The number of amides is 1. The Labute approximate surface area is 119 Å². The van der Waals surface area contributed by atoms with Gasteiger partial charge in [-0.1, -0.05) is 0 Å². The second kappa shape index (κ2) is 6.76. The van der Waals surface area contributed by atoms with E-state index in [1.54, 1.807) is 12.0 Å². The van der Waals surface area contributed by atoms with Crippen molar-refractivity contribution in [3.05, 3.63) is 17.1 Å². The molecule has 0 spiro atoms. The molecule has 0 saturated heterocycles. The highest BCUT2D eigenvalue weighted by Crippen LogP contribution is 2.27. The zero-order chi connectivity index (χ0) is 14.5. The van der Waals surface area contributed by atoms with Crippen LogP contribution >= 0.6 is 0 Å². The lowest BCUT2D eigenvalue weighted by atomic mass is 10.0. The Kier molecular flexibility index (Phi) is 5.03. The molecular formula is C14H22N4O2. The molecule has 0 radical (unpaired) electrons. The van der Waals surface area contributed by atoms with Gasteiger partial charge >= 0.3 is 0 Å². The van der Waals surface area contributed by atoms with Crippen LogP contribution in [0.5, 0.6) is 0 Å². The van der Waals surface area contributed by atoms with E-state index >= 15 is 0 Å². The molecule has 0 bridgehead atoms.